The predicted octanol–water partition coefficient (Wildman–Crippen LogP) is -0.250. The molecule has 0 bridgehead atoms. The van der Waals surface area contributed by atoms with Gasteiger partial charge >= 0.3 is 0 Å². The molecule has 0 heterocycles. The summed E-state index contributed by atoms with van der Waals surface area (Å²) in [6.07, 6.45) is 4.75. The first-order chi connectivity index (χ1) is 8.65. The maximum atomic E-state index is 11.9. The Labute approximate surface area is 109 Å². The van der Waals surface area contributed by atoms with Gasteiger partial charge in [0.05, 0.1) is 19.8 Å². The minimum absolute atomic E-state index is 0.0194. The number of rotatable bonds is 8. The maximum Gasteiger partial charge on any atom is 0.147 e. The highest BCUT2D eigenvalue weighted by Crippen LogP contribution is 2.26. The average molecular weight is 258 g/mol. The molecule has 1 aliphatic rings. The molecule has 4 N–H and O–H groups in total. The highest BCUT2D eigenvalue weighted by atomic mass is 16.3. The maximum absolute atomic E-state index is 11.9. The van der Waals surface area contributed by atoms with Crippen molar-refractivity contribution in [2.24, 2.45) is 11.7 Å². The van der Waals surface area contributed by atoms with Crippen molar-refractivity contribution in [3.63, 3.8) is 0 Å². The number of ketones is 1. The van der Waals surface area contributed by atoms with Crippen molar-refractivity contribution < 1.29 is 15.0 Å². The molecule has 106 valence electrons. The van der Waals surface area contributed by atoms with Gasteiger partial charge in [0, 0.05) is 25.6 Å². The van der Waals surface area contributed by atoms with Crippen molar-refractivity contribution >= 4 is 5.78 Å². The molecule has 5 nitrogen and oxygen atoms in total. The van der Waals surface area contributed by atoms with Crippen LogP contribution in [0, 0.1) is 5.92 Å². The van der Waals surface area contributed by atoms with Crippen molar-refractivity contribution in [2.45, 2.75) is 38.1 Å². The van der Waals surface area contributed by atoms with Crippen molar-refractivity contribution in [3.8, 4) is 0 Å². The molecule has 0 radical (unpaired) electrons. The van der Waals surface area contributed by atoms with Crippen molar-refractivity contribution in [3.05, 3.63) is 0 Å². The molecule has 0 amide bonds. The number of hydrogen-bond acceptors (Lipinski definition) is 5. The Bertz CT molecular complexity index is 234. The minimum Gasteiger partial charge on any atom is -0.395 e. The molecule has 5 heteroatoms. The number of aliphatic hydroxyl groups is 2. The zero-order valence-electron chi connectivity index (χ0n) is 11.1. The van der Waals surface area contributed by atoms with Crippen LogP contribution in [0.3, 0.4) is 0 Å². The van der Waals surface area contributed by atoms with Gasteiger partial charge in [0.15, 0.2) is 0 Å². The third kappa shape index (κ3) is 5.91. The summed E-state index contributed by atoms with van der Waals surface area (Å²) in [7, 11) is 0. The van der Waals surface area contributed by atoms with Gasteiger partial charge in [-0.2, -0.15) is 0 Å². The fraction of sp³-hybridized carbons (Fsp3) is 0.923. The largest absolute Gasteiger partial charge is 0.395 e. The van der Waals surface area contributed by atoms with E-state index >= 15 is 0 Å². The molecule has 0 spiro atoms. The summed E-state index contributed by atoms with van der Waals surface area (Å²) in [6.45, 7) is 1.27. The van der Waals surface area contributed by atoms with Gasteiger partial charge in [-0.05, 0) is 31.6 Å². The van der Waals surface area contributed by atoms with E-state index in [4.69, 9.17) is 15.9 Å². The van der Waals surface area contributed by atoms with Crippen molar-refractivity contribution in [1.82, 2.24) is 4.90 Å². The van der Waals surface area contributed by atoms with Crippen LogP contribution in [0.4, 0.5) is 0 Å². The van der Waals surface area contributed by atoms with Crippen molar-refractivity contribution in [2.75, 3.05) is 32.8 Å². The van der Waals surface area contributed by atoms with E-state index in [1.165, 1.54) is 0 Å². The van der Waals surface area contributed by atoms with Crippen LogP contribution in [-0.2, 0) is 4.79 Å². The van der Waals surface area contributed by atoms with Crippen LogP contribution in [0.2, 0.25) is 0 Å². The molecule has 1 fully saturated rings. The number of Topliss-reactive ketones (excluding diaryl/α,β-unsaturated/α-hetero) is 1. The molecule has 18 heavy (non-hydrogen) atoms. The smallest absolute Gasteiger partial charge is 0.147 e. The van der Waals surface area contributed by atoms with Gasteiger partial charge in [-0.1, -0.05) is 0 Å². The normalized spacial score (nSPS) is 24.4. The lowest BCUT2D eigenvalue weighted by Gasteiger charge is -2.26. The lowest BCUT2D eigenvalue weighted by Crippen LogP contribution is -2.36. The van der Waals surface area contributed by atoms with Crippen LogP contribution in [0.5, 0.6) is 0 Å². The van der Waals surface area contributed by atoms with Crippen molar-refractivity contribution in [1.29, 1.82) is 0 Å². The van der Waals surface area contributed by atoms with E-state index in [0.717, 1.165) is 25.7 Å². The zero-order valence-corrected chi connectivity index (χ0v) is 11.1. The van der Waals surface area contributed by atoms with Gasteiger partial charge in [0.2, 0.25) is 0 Å². The first-order valence-corrected chi connectivity index (χ1v) is 6.87. The first-order valence-electron chi connectivity index (χ1n) is 6.87. The summed E-state index contributed by atoms with van der Waals surface area (Å²) in [4.78, 5) is 13.7. The fourth-order valence-corrected chi connectivity index (χ4v) is 2.58. The molecule has 0 atom stereocenters. The number of aliphatic hydroxyl groups excluding tert-OH is 2. The molecule has 0 unspecified atom stereocenters. The number of carbonyl (C=O) groups is 1. The summed E-state index contributed by atoms with van der Waals surface area (Å²) in [5.41, 5.74) is 5.84. The standard InChI is InChI=1S/C13H26N2O3/c14-12-3-1-11(2-4-12)9-13(18)10-15(5-7-16)6-8-17/h11-12,16-17H,1-10,14H2. The Kier molecular flexibility index (Phi) is 7.42. The van der Waals surface area contributed by atoms with E-state index in [2.05, 4.69) is 0 Å². The van der Waals surface area contributed by atoms with Gasteiger partial charge < -0.3 is 15.9 Å². The minimum atomic E-state index is 0.0194. The van der Waals surface area contributed by atoms with Crippen LogP contribution in [-0.4, -0.2) is 59.8 Å². The molecule has 0 aromatic rings. The molecule has 1 aliphatic carbocycles. The molecule has 1 saturated carbocycles. The Morgan fingerprint density at radius 2 is 1.67 bits per heavy atom. The summed E-state index contributed by atoms with van der Waals surface area (Å²) in [5, 5.41) is 17.8. The predicted molar refractivity (Wildman–Crippen MR) is 70.2 cm³/mol. The van der Waals surface area contributed by atoms with E-state index in [0.29, 0.717) is 38.0 Å². The third-order valence-corrected chi connectivity index (χ3v) is 3.64. The Morgan fingerprint density at radius 3 is 2.17 bits per heavy atom. The second-order valence-corrected chi connectivity index (χ2v) is 5.25. The molecule has 0 aromatic carbocycles. The quantitative estimate of drug-likeness (QED) is 0.559. The van der Waals surface area contributed by atoms with E-state index in [9.17, 15) is 4.79 Å². The summed E-state index contributed by atoms with van der Waals surface area (Å²) in [6, 6.07) is 0.316. The lowest BCUT2D eigenvalue weighted by molar-refractivity contribution is -0.121. The molecule has 1 rings (SSSR count). The number of hydrogen-bond donors (Lipinski definition) is 3. The fourth-order valence-electron chi connectivity index (χ4n) is 2.58. The van der Waals surface area contributed by atoms with Gasteiger partial charge in [-0.3, -0.25) is 9.69 Å². The monoisotopic (exact) mass is 258 g/mol. The van der Waals surface area contributed by atoms with E-state index < -0.39 is 0 Å². The summed E-state index contributed by atoms with van der Waals surface area (Å²) < 4.78 is 0. The average Bonchev–Trinajstić information content (AvgIpc) is 2.33. The molecular weight excluding hydrogens is 232 g/mol. The van der Waals surface area contributed by atoms with Gasteiger partial charge in [0.25, 0.3) is 0 Å². The molecule has 0 saturated heterocycles. The van der Waals surface area contributed by atoms with Gasteiger partial charge in [-0.15, -0.1) is 0 Å². The first kappa shape index (κ1) is 15.6. The third-order valence-electron chi connectivity index (χ3n) is 3.64. The van der Waals surface area contributed by atoms with Crippen LogP contribution < -0.4 is 5.73 Å². The van der Waals surface area contributed by atoms with Crippen LogP contribution in [0.15, 0.2) is 0 Å². The Morgan fingerprint density at radius 1 is 1.11 bits per heavy atom. The summed E-state index contributed by atoms with van der Waals surface area (Å²) in [5.74, 6) is 0.680. The van der Waals surface area contributed by atoms with Gasteiger partial charge in [-0.25, -0.2) is 0 Å². The zero-order chi connectivity index (χ0) is 13.4. The SMILES string of the molecule is NC1CCC(CC(=O)CN(CCO)CCO)CC1. The summed E-state index contributed by atoms with van der Waals surface area (Å²) >= 11 is 0. The second-order valence-electron chi connectivity index (χ2n) is 5.25. The number of carbonyl (C=O) groups excluding carboxylic acids is 1. The van der Waals surface area contributed by atoms with Crippen LogP contribution in [0.25, 0.3) is 0 Å². The Hall–Kier alpha value is -0.490. The van der Waals surface area contributed by atoms with E-state index in [-0.39, 0.29) is 19.0 Å². The highest BCUT2D eigenvalue weighted by Gasteiger charge is 2.21. The second kappa shape index (κ2) is 8.58. The molecule has 0 aromatic heterocycles. The van der Waals surface area contributed by atoms with Gasteiger partial charge in [0.1, 0.15) is 5.78 Å². The highest BCUT2D eigenvalue weighted by molar-refractivity contribution is 5.80. The van der Waals surface area contributed by atoms with Crippen LogP contribution in [0.1, 0.15) is 32.1 Å². The molecule has 0 aliphatic heterocycles. The van der Waals surface area contributed by atoms with E-state index in [1.54, 1.807) is 4.90 Å². The topological polar surface area (TPSA) is 86.8 Å². The van der Waals surface area contributed by atoms with E-state index in [1.807, 2.05) is 0 Å². The lowest BCUT2D eigenvalue weighted by atomic mass is 9.83. The van der Waals surface area contributed by atoms with Crippen LogP contribution >= 0.6 is 0 Å². The number of nitrogens with two attached hydrogens (primary N) is 1. The molecular formula is C13H26N2O3. The Balaban J connectivity index is 2.26. The number of nitrogens with zero attached hydrogens (tertiary/aromatic N) is 1.